The standard InChI is InChI=1S/C18H14ClF3N2O/c1-25-16-8-2-12(3-9-16)17-10-14(11-19)23-24(17)15-6-4-13(5-7-15)18(20,21)22/h2-10H,11H2,1H3. The molecule has 0 radical (unpaired) electrons. The Morgan fingerprint density at radius 2 is 1.68 bits per heavy atom. The van der Waals surface area contributed by atoms with Gasteiger partial charge < -0.3 is 4.74 Å². The molecule has 0 amide bonds. The van der Waals surface area contributed by atoms with E-state index in [9.17, 15) is 13.2 Å². The van der Waals surface area contributed by atoms with Crippen molar-refractivity contribution in [2.45, 2.75) is 12.1 Å². The van der Waals surface area contributed by atoms with Gasteiger partial charge in [0.1, 0.15) is 5.75 Å². The van der Waals surface area contributed by atoms with E-state index in [2.05, 4.69) is 5.10 Å². The average Bonchev–Trinajstić information content (AvgIpc) is 3.05. The van der Waals surface area contributed by atoms with Crippen LogP contribution in [-0.4, -0.2) is 16.9 Å². The van der Waals surface area contributed by atoms with E-state index >= 15 is 0 Å². The minimum atomic E-state index is -4.37. The van der Waals surface area contributed by atoms with Crippen LogP contribution in [-0.2, 0) is 12.1 Å². The number of methoxy groups -OCH3 is 1. The van der Waals surface area contributed by atoms with Gasteiger partial charge in [0.25, 0.3) is 0 Å². The summed E-state index contributed by atoms with van der Waals surface area (Å²) in [5.74, 6) is 0.915. The Morgan fingerprint density at radius 1 is 1.04 bits per heavy atom. The summed E-state index contributed by atoms with van der Waals surface area (Å²) in [6.07, 6.45) is -4.37. The molecule has 0 bridgehead atoms. The minimum Gasteiger partial charge on any atom is -0.497 e. The van der Waals surface area contributed by atoms with Crippen LogP contribution in [0.5, 0.6) is 5.75 Å². The maximum absolute atomic E-state index is 12.7. The van der Waals surface area contributed by atoms with E-state index in [1.165, 1.54) is 12.1 Å². The zero-order chi connectivity index (χ0) is 18.0. The summed E-state index contributed by atoms with van der Waals surface area (Å²) >= 11 is 5.88. The predicted molar refractivity (Wildman–Crippen MR) is 90.1 cm³/mol. The molecule has 130 valence electrons. The fourth-order valence-corrected chi connectivity index (χ4v) is 2.58. The topological polar surface area (TPSA) is 27.1 Å². The highest BCUT2D eigenvalue weighted by atomic mass is 35.5. The Morgan fingerprint density at radius 3 is 2.20 bits per heavy atom. The van der Waals surface area contributed by atoms with Crippen molar-refractivity contribution in [1.29, 1.82) is 0 Å². The Balaban J connectivity index is 2.05. The lowest BCUT2D eigenvalue weighted by Gasteiger charge is -2.10. The van der Waals surface area contributed by atoms with E-state index in [0.717, 1.165) is 23.4 Å². The van der Waals surface area contributed by atoms with Crippen LogP contribution in [0.25, 0.3) is 16.9 Å². The molecule has 1 aromatic heterocycles. The van der Waals surface area contributed by atoms with E-state index in [0.29, 0.717) is 17.1 Å². The SMILES string of the molecule is COc1ccc(-c2cc(CCl)nn2-c2ccc(C(F)(F)F)cc2)cc1. The number of benzene rings is 2. The summed E-state index contributed by atoms with van der Waals surface area (Å²) in [6.45, 7) is 0. The van der Waals surface area contributed by atoms with Gasteiger partial charge >= 0.3 is 6.18 Å². The van der Waals surface area contributed by atoms with Gasteiger partial charge in [-0.05, 0) is 54.6 Å². The molecule has 0 aliphatic rings. The number of hydrogen-bond donors (Lipinski definition) is 0. The molecule has 0 aliphatic heterocycles. The maximum atomic E-state index is 12.7. The zero-order valence-electron chi connectivity index (χ0n) is 13.2. The third-order valence-corrected chi connectivity index (χ3v) is 4.00. The van der Waals surface area contributed by atoms with Gasteiger partial charge in [0.15, 0.2) is 0 Å². The van der Waals surface area contributed by atoms with E-state index < -0.39 is 11.7 Å². The molecule has 7 heteroatoms. The third kappa shape index (κ3) is 3.64. The fraction of sp³-hybridized carbons (Fsp3) is 0.167. The molecule has 0 aliphatic carbocycles. The number of alkyl halides is 4. The van der Waals surface area contributed by atoms with Crippen LogP contribution in [0.15, 0.2) is 54.6 Å². The van der Waals surface area contributed by atoms with Gasteiger partial charge in [-0.3, -0.25) is 0 Å². The van der Waals surface area contributed by atoms with Crippen LogP contribution in [0.1, 0.15) is 11.3 Å². The van der Waals surface area contributed by atoms with E-state index in [1.807, 2.05) is 18.2 Å². The lowest BCUT2D eigenvalue weighted by atomic mass is 10.1. The second kappa shape index (κ2) is 6.80. The first-order valence-electron chi connectivity index (χ1n) is 7.39. The number of halogens is 4. The normalized spacial score (nSPS) is 11.6. The van der Waals surface area contributed by atoms with Crippen molar-refractivity contribution < 1.29 is 17.9 Å². The van der Waals surface area contributed by atoms with Crippen molar-refractivity contribution in [3.8, 4) is 22.7 Å². The summed E-state index contributed by atoms with van der Waals surface area (Å²) in [5, 5.41) is 4.38. The van der Waals surface area contributed by atoms with Crippen molar-refractivity contribution in [3.63, 3.8) is 0 Å². The second-order valence-corrected chi connectivity index (χ2v) is 5.61. The van der Waals surface area contributed by atoms with Gasteiger partial charge in [0, 0.05) is 5.56 Å². The molecular formula is C18H14ClF3N2O. The van der Waals surface area contributed by atoms with Crippen molar-refractivity contribution >= 4 is 11.6 Å². The first kappa shape index (κ1) is 17.4. The first-order valence-corrected chi connectivity index (χ1v) is 7.93. The van der Waals surface area contributed by atoms with E-state index in [-0.39, 0.29) is 5.88 Å². The Labute approximate surface area is 147 Å². The van der Waals surface area contributed by atoms with Crippen LogP contribution < -0.4 is 4.74 Å². The molecule has 1 heterocycles. The van der Waals surface area contributed by atoms with Crippen molar-refractivity contribution in [2.75, 3.05) is 7.11 Å². The summed E-state index contributed by atoms with van der Waals surface area (Å²) in [4.78, 5) is 0. The van der Waals surface area contributed by atoms with E-state index in [1.54, 1.807) is 23.9 Å². The monoisotopic (exact) mass is 366 g/mol. The van der Waals surface area contributed by atoms with Crippen molar-refractivity contribution in [1.82, 2.24) is 9.78 Å². The molecule has 0 atom stereocenters. The highest BCUT2D eigenvalue weighted by Crippen LogP contribution is 2.31. The molecule has 0 unspecified atom stereocenters. The fourth-order valence-electron chi connectivity index (χ4n) is 2.45. The van der Waals surface area contributed by atoms with Gasteiger partial charge in [-0.15, -0.1) is 11.6 Å². The molecule has 2 aromatic carbocycles. The summed E-state index contributed by atoms with van der Waals surface area (Å²) in [5.41, 5.74) is 2.04. The molecule has 0 spiro atoms. The number of hydrogen-bond acceptors (Lipinski definition) is 2. The second-order valence-electron chi connectivity index (χ2n) is 5.34. The van der Waals surface area contributed by atoms with Gasteiger partial charge in [-0.25, -0.2) is 4.68 Å². The number of nitrogens with zero attached hydrogens (tertiary/aromatic N) is 2. The lowest BCUT2D eigenvalue weighted by Crippen LogP contribution is -2.06. The lowest BCUT2D eigenvalue weighted by molar-refractivity contribution is -0.137. The van der Waals surface area contributed by atoms with Crippen LogP contribution in [0.3, 0.4) is 0 Å². The van der Waals surface area contributed by atoms with Crippen LogP contribution in [0.2, 0.25) is 0 Å². The summed E-state index contributed by atoms with van der Waals surface area (Å²) in [7, 11) is 1.58. The van der Waals surface area contributed by atoms with Crippen molar-refractivity contribution in [2.24, 2.45) is 0 Å². The Hall–Kier alpha value is -2.47. The molecule has 0 saturated heterocycles. The molecule has 0 saturated carbocycles. The summed E-state index contributed by atoms with van der Waals surface area (Å²) < 4.78 is 45.0. The minimum absolute atomic E-state index is 0.205. The molecule has 25 heavy (non-hydrogen) atoms. The van der Waals surface area contributed by atoms with Gasteiger partial charge in [0.05, 0.1) is 35.6 Å². The first-order chi connectivity index (χ1) is 11.9. The summed E-state index contributed by atoms with van der Waals surface area (Å²) in [6, 6.07) is 14.0. The molecule has 3 rings (SSSR count). The molecular weight excluding hydrogens is 353 g/mol. The van der Waals surface area contributed by atoms with Crippen LogP contribution in [0, 0.1) is 0 Å². The number of ether oxygens (including phenoxy) is 1. The van der Waals surface area contributed by atoms with E-state index in [4.69, 9.17) is 16.3 Å². The number of aromatic nitrogens is 2. The largest absolute Gasteiger partial charge is 0.497 e. The maximum Gasteiger partial charge on any atom is 0.416 e. The average molecular weight is 367 g/mol. The number of rotatable bonds is 4. The predicted octanol–water partition coefficient (Wildman–Crippen LogP) is 5.31. The molecule has 3 aromatic rings. The van der Waals surface area contributed by atoms with Gasteiger partial charge in [0.2, 0.25) is 0 Å². The molecule has 0 fully saturated rings. The Kier molecular flexibility index (Phi) is 4.72. The Bertz CT molecular complexity index is 856. The third-order valence-electron chi connectivity index (χ3n) is 3.72. The van der Waals surface area contributed by atoms with Crippen LogP contribution >= 0.6 is 11.6 Å². The van der Waals surface area contributed by atoms with Gasteiger partial charge in [-0.1, -0.05) is 0 Å². The quantitative estimate of drug-likeness (QED) is 0.585. The zero-order valence-corrected chi connectivity index (χ0v) is 14.0. The van der Waals surface area contributed by atoms with Crippen LogP contribution in [0.4, 0.5) is 13.2 Å². The highest BCUT2D eigenvalue weighted by Gasteiger charge is 2.30. The van der Waals surface area contributed by atoms with Crippen molar-refractivity contribution in [3.05, 3.63) is 65.9 Å². The molecule has 0 N–H and O–H groups in total. The smallest absolute Gasteiger partial charge is 0.416 e. The highest BCUT2D eigenvalue weighted by molar-refractivity contribution is 6.16. The molecule has 3 nitrogen and oxygen atoms in total. The van der Waals surface area contributed by atoms with Gasteiger partial charge in [-0.2, -0.15) is 18.3 Å².